The molecule has 0 saturated heterocycles. The molecule has 0 spiro atoms. The van der Waals surface area contributed by atoms with E-state index in [0.717, 1.165) is 18.4 Å². The molecule has 1 aliphatic rings. The highest BCUT2D eigenvalue weighted by Gasteiger charge is 2.32. The molecular formula is C25H36O7. The molecule has 0 heterocycles. The van der Waals surface area contributed by atoms with E-state index in [0.29, 0.717) is 12.0 Å². The second-order valence-corrected chi connectivity index (χ2v) is 7.65. The van der Waals surface area contributed by atoms with E-state index in [4.69, 9.17) is 9.47 Å². The summed E-state index contributed by atoms with van der Waals surface area (Å²) in [4.78, 5) is 34.1. The van der Waals surface area contributed by atoms with Gasteiger partial charge in [0, 0.05) is 20.3 Å². The standard InChI is InChI=1S/C25H36O7/c1-5-6-7-8-9-10-12-20-17-23(32-19(3)27)25(29)22(20)14-11-13-21(31-18(2)26)15-16-24(28)30-4/h9-11,13-14,17,21,23,25,29H,5-8,12,15-16H2,1-4H3/b10-9-,13-11+,22-14-/t21-,23+,25-/m0/s1. The number of unbranched alkanes of at least 4 members (excludes halogenated alkanes) is 3. The zero-order chi connectivity index (χ0) is 23.9. The quantitative estimate of drug-likeness (QED) is 0.196. The van der Waals surface area contributed by atoms with Gasteiger partial charge in [0.15, 0.2) is 6.10 Å². The van der Waals surface area contributed by atoms with Crippen molar-refractivity contribution >= 4 is 17.9 Å². The molecule has 0 aromatic carbocycles. The largest absolute Gasteiger partial charge is 0.469 e. The molecule has 0 aliphatic heterocycles. The minimum absolute atomic E-state index is 0.112. The molecule has 0 fully saturated rings. The summed E-state index contributed by atoms with van der Waals surface area (Å²) in [6.07, 6.45) is 14.2. The van der Waals surface area contributed by atoms with E-state index in [1.807, 2.05) is 0 Å². The Balaban J connectivity index is 2.92. The van der Waals surface area contributed by atoms with Crippen LogP contribution in [0.5, 0.6) is 0 Å². The van der Waals surface area contributed by atoms with Crippen molar-refractivity contribution in [3.63, 3.8) is 0 Å². The van der Waals surface area contributed by atoms with Gasteiger partial charge in [0.2, 0.25) is 0 Å². The van der Waals surface area contributed by atoms with E-state index in [1.165, 1.54) is 33.8 Å². The number of hydrogen-bond donors (Lipinski definition) is 1. The number of methoxy groups -OCH3 is 1. The van der Waals surface area contributed by atoms with Crippen molar-refractivity contribution in [1.29, 1.82) is 0 Å². The van der Waals surface area contributed by atoms with Crippen molar-refractivity contribution < 1.29 is 33.7 Å². The van der Waals surface area contributed by atoms with Crippen LogP contribution in [0.15, 0.2) is 47.6 Å². The van der Waals surface area contributed by atoms with Gasteiger partial charge in [-0.3, -0.25) is 14.4 Å². The van der Waals surface area contributed by atoms with E-state index in [2.05, 4.69) is 23.8 Å². The third-order valence-electron chi connectivity index (χ3n) is 4.93. The normalized spacial score (nSPS) is 20.5. The zero-order valence-electron chi connectivity index (χ0n) is 19.5. The molecule has 7 heteroatoms. The predicted molar refractivity (Wildman–Crippen MR) is 122 cm³/mol. The van der Waals surface area contributed by atoms with Crippen LogP contribution in [0, 0.1) is 0 Å². The fourth-order valence-electron chi connectivity index (χ4n) is 3.33. The molecule has 178 valence electrons. The number of esters is 3. The van der Waals surface area contributed by atoms with Crippen LogP contribution in [0.3, 0.4) is 0 Å². The van der Waals surface area contributed by atoms with Crippen LogP contribution in [-0.4, -0.2) is 48.4 Å². The smallest absolute Gasteiger partial charge is 0.305 e. The van der Waals surface area contributed by atoms with Crippen molar-refractivity contribution in [3.05, 3.63) is 47.6 Å². The Kier molecular flexibility index (Phi) is 13.0. The second-order valence-electron chi connectivity index (χ2n) is 7.65. The minimum Gasteiger partial charge on any atom is -0.469 e. The van der Waals surface area contributed by atoms with E-state index < -0.39 is 30.3 Å². The summed E-state index contributed by atoms with van der Waals surface area (Å²) in [5.74, 6) is -1.31. The summed E-state index contributed by atoms with van der Waals surface area (Å²) < 4.78 is 15.1. The lowest BCUT2D eigenvalue weighted by Crippen LogP contribution is -2.26. The molecule has 0 unspecified atom stereocenters. The van der Waals surface area contributed by atoms with Gasteiger partial charge < -0.3 is 19.3 Å². The van der Waals surface area contributed by atoms with E-state index >= 15 is 0 Å². The van der Waals surface area contributed by atoms with Crippen molar-refractivity contribution in [2.45, 2.75) is 84.0 Å². The van der Waals surface area contributed by atoms with Gasteiger partial charge in [-0.05, 0) is 49.0 Å². The lowest BCUT2D eigenvalue weighted by molar-refractivity contribution is -0.147. The first kappa shape index (κ1) is 27.4. The Bertz CT molecular complexity index is 745. The first-order valence-corrected chi connectivity index (χ1v) is 11.1. The van der Waals surface area contributed by atoms with Crippen LogP contribution in [0.25, 0.3) is 0 Å². The van der Waals surface area contributed by atoms with E-state index in [9.17, 15) is 19.5 Å². The van der Waals surface area contributed by atoms with Crippen molar-refractivity contribution in [3.8, 4) is 0 Å². The molecule has 0 radical (unpaired) electrons. The van der Waals surface area contributed by atoms with Gasteiger partial charge in [-0.15, -0.1) is 0 Å². The van der Waals surface area contributed by atoms with Crippen LogP contribution >= 0.6 is 0 Å². The Morgan fingerprint density at radius 1 is 1.16 bits per heavy atom. The third kappa shape index (κ3) is 10.6. The van der Waals surface area contributed by atoms with Crippen molar-refractivity contribution in [1.82, 2.24) is 0 Å². The molecule has 3 atom stereocenters. The number of rotatable bonds is 13. The summed E-state index contributed by atoms with van der Waals surface area (Å²) in [7, 11) is 1.30. The monoisotopic (exact) mass is 448 g/mol. The summed E-state index contributed by atoms with van der Waals surface area (Å²) in [6, 6.07) is 0. The minimum atomic E-state index is -0.978. The predicted octanol–water partition coefficient (Wildman–Crippen LogP) is 4.11. The summed E-state index contributed by atoms with van der Waals surface area (Å²) in [6.45, 7) is 4.77. The SMILES string of the molecule is CCCCC/C=C\CC1=C[C@@H](OC(C)=O)[C@@H](O)/C1=C\C=C\[C@@H](CCC(=O)OC)OC(C)=O. The van der Waals surface area contributed by atoms with E-state index in [1.54, 1.807) is 24.3 Å². The van der Waals surface area contributed by atoms with Crippen LogP contribution in [0.1, 0.15) is 65.7 Å². The molecule has 0 aromatic heterocycles. The molecule has 1 rings (SSSR count). The first-order valence-electron chi connectivity index (χ1n) is 11.1. The number of ether oxygens (including phenoxy) is 3. The molecule has 7 nitrogen and oxygen atoms in total. The average Bonchev–Trinajstić information content (AvgIpc) is 3.02. The average molecular weight is 449 g/mol. The fraction of sp³-hybridized carbons (Fsp3) is 0.560. The Labute approximate surface area is 190 Å². The molecule has 0 bridgehead atoms. The number of hydrogen-bond acceptors (Lipinski definition) is 7. The molecule has 1 aliphatic carbocycles. The van der Waals surface area contributed by atoms with Gasteiger partial charge in [0.05, 0.1) is 7.11 Å². The Hall–Kier alpha value is -2.67. The molecule has 0 saturated carbocycles. The van der Waals surface area contributed by atoms with Gasteiger partial charge in [-0.1, -0.05) is 44.1 Å². The molecule has 32 heavy (non-hydrogen) atoms. The summed E-state index contributed by atoms with van der Waals surface area (Å²) in [5.41, 5.74) is 1.51. The molecule has 0 aromatic rings. The summed E-state index contributed by atoms with van der Waals surface area (Å²) in [5, 5.41) is 10.7. The second kappa shape index (κ2) is 15.2. The Morgan fingerprint density at radius 2 is 1.91 bits per heavy atom. The highest BCUT2D eigenvalue weighted by atomic mass is 16.6. The molecule has 0 amide bonds. The highest BCUT2D eigenvalue weighted by molar-refractivity contribution is 5.69. The van der Waals surface area contributed by atoms with Crippen LogP contribution < -0.4 is 0 Å². The van der Waals surface area contributed by atoms with E-state index in [-0.39, 0.29) is 18.8 Å². The Morgan fingerprint density at radius 3 is 2.53 bits per heavy atom. The maximum Gasteiger partial charge on any atom is 0.305 e. The van der Waals surface area contributed by atoms with Crippen molar-refractivity contribution in [2.75, 3.05) is 7.11 Å². The van der Waals surface area contributed by atoms with Crippen LogP contribution in [0.2, 0.25) is 0 Å². The van der Waals surface area contributed by atoms with Crippen LogP contribution in [0.4, 0.5) is 0 Å². The molecular weight excluding hydrogens is 412 g/mol. The van der Waals surface area contributed by atoms with Gasteiger partial charge in [-0.2, -0.15) is 0 Å². The van der Waals surface area contributed by atoms with Gasteiger partial charge in [0.1, 0.15) is 12.2 Å². The van der Waals surface area contributed by atoms with Crippen LogP contribution in [-0.2, 0) is 28.6 Å². The van der Waals surface area contributed by atoms with Gasteiger partial charge >= 0.3 is 17.9 Å². The molecule has 1 N–H and O–H groups in total. The number of aliphatic hydroxyl groups excluding tert-OH is 1. The first-order chi connectivity index (χ1) is 15.3. The highest BCUT2D eigenvalue weighted by Crippen LogP contribution is 2.31. The topological polar surface area (TPSA) is 99.1 Å². The number of allylic oxidation sites excluding steroid dienone is 4. The van der Waals surface area contributed by atoms with Gasteiger partial charge in [-0.25, -0.2) is 0 Å². The maximum absolute atomic E-state index is 11.4. The lowest BCUT2D eigenvalue weighted by Gasteiger charge is -2.15. The van der Waals surface area contributed by atoms with Crippen molar-refractivity contribution in [2.24, 2.45) is 0 Å². The van der Waals surface area contributed by atoms with Gasteiger partial charge in [0.25, 0.3) is 0 Å². The maximum atomic E-state index is 11.4. The summed E-state index contributed by atoms with van der Waals surface area (Å²) >= 11 is 0. The number of aliphatic hydroxyl groups is 1. The number of carbonyl (C=O) groups excluding carboxylic acids is 3. The number of carbonyl (C=O) groups is 3. The fourth-order valence-corrected chi connectivity index (χ4v) is 3.33. The lowest BCUT2D eigenvalue weighted by atomic mass is 10.0. The zero-order valence-corrected chi connectivity index (χ0v) is 19.5. The third-order valence-corrected chi connectivity index (χ3v) is 4.93.